The van der Waals surface area contributed by atoms with Crippen molar-refractivity contribution < 1.29 is 23.5 Å². The third-order valence-electron chi connectivity index (χ3n) is 8.34. The van der Waals surface area contributed by atoms with E-state index in [0.29, 0.717) is 34.4 Å². The Morgan fingerprint density at radius 1 is 1.02 bits per heavy atom. The fourth-order valence-corrected chi connectivity index (χ4v) is 6.48. The van der Waals surface area contributed by atoms with Crippen LogP contribution in [0.4, 0.5) is 15.8 Å². The standard InChI is InChI=1S/C32H31Cl2FN4O4/c1-37(2)30(41)19-11-13-22(14-12-19)39-17-43-32-26(31(39)42)25(23-7-4-8-24(34)27(23)35)28(38(32)16-18-9-10-18)29(40)36-21-6-3-5-20(33)15-21/h3-8,11-15,18,25-26,28,32H,9-10,16-17H2,1-2H3,(H,36,40)/t25-,26+,28?,32-/m0/s1. The van der Waals surface area contributed by atoms with Gasteiger partial charge in [-0.2, -0.15) is 0 Å². The van der Waals surface area contributed by atoms with Crippen LogP contribution in [0.3, 0.4) is 0 Å². The summed E-state index contributed by atoms with van der Waals surface area (Å²) in [6.07, 6.45) is 1.26. The van der Waals surface area contributed by atoms with E-state index >= 15 is 4.39 Å². The van der Waals surface area contributed by atoms with E-state index in [1.165, 1.54) is 15.9 Å². The highest BCUT2D eigenvalue weighted by Crippen LogP contribution is 2.49. The maximum atomic E-state index is 15.8. The Morgan fingerprint density at radius 3 is 2.42 bits per heavy atom. The fourth-order valence-electron chi connectivity index (χ4n) is 6.11. The van der Waals surface area contributed by atoms with Crippen molar-refractivity contribution in [3.8, 4) is 0 Å². The summed E-state index contributed by atoms with van der Waals surface area (Å²) in [5.74, 6) is -2.97. The van der Waals surface area contributed by atoms with Gasteiger partial charge in [-0.1, -0.05) is 41.4 Å². The normalized spacial score (nSPS) is 23.7. The van der Waals surface area contributed by atoms with E-state index in [9.17, 15) is 14.4 Å². The summed E-state index contributed by atoms with van der Waals surface area (Å²) in [6.45, 7) is 0.470. The van der Waals surface area contributed by atoms with Crippen LogP contribution < -0.4 is 10.2 Å². The van der Waals surface area contributed by atoms with Gasteiger partial charge in [-0.05, 0) is 72.9 Å². The van der Waals surface area contributed by atoms with Crippen molar-refractivity contribution in [3.63, 3.8) is 0 Å². The summed E-state index contributed by atoms with van der Waals surface area (Å²) in [5, 5.41) is 3.30. The Kier molecular flexibility index (Phi) is 8.17. The maximum absolute atomic E-state index is 15.8. The molecule has 3 aromatic carbocycles. The first-order valence-electron chi connectivity index (χ1n) is 14.1. The van der Waals surface area contributed by atoms with Gasteiger partial charge in [-0.25, -0.2) is 4.39 Å². The highest BCUT2D eigenvalue weighted by Gasteiger charge is 2.60. The summed E-state index contributed by atoms with van der Waals surface area (Å²) in [5.41, 5.74) is 1.68. The lowest BCUT2D eigenvalue weighted by molar-refractivity contribution is -0.146. The monoisotopic (exact) mass is 624 g/mol. The van der Waals surface area contributed by atoms with Crippen LogP contribution >= 0.6 is 23.2 Å². The summed E-state index contributed by atoms with van der Waals surface area (Å²) < 4.78 is 22.1. The van der Waals surface area contributed by atoms with E-state index < -0.39 is 35.8 Å². The molecule has 0 radical (unpaired) electrons. The number of nitrogens with zero attached hydrogens (tertiary/aromatic N) is 3. The largest absolute Gasteiger partial charge is 0.345 e. The third kappa shape index (κ3) is 5.74. The van der Waals surface area contributed by atoms with Gasteiger partial charge in [0.05, 0.1) is 17.0 Å². The highest BCUT2D eigenvalue weighted by atomic mass is 35.5. The van der Waals surface area contributed by atoms with Gasteiger partial charge in [0.15, 0.2) is 0 Å². The lowest BCUT2D eigenvalue weighted by Gasteiger charge is -2.38. The van der Waals surface area contributed by atoms with E-state index in [0.717, 1.165) is 12.8 Å². The van der Waals surface area contributed by atoms with Gasteiger partial charge in [-0.15, -0.1) is 0 Å². The Balaban J connectivity index is 1.40. The van der Waals surface area contributed by atoms with Crippen LogP contribution in [0.25, 0.3) is 0 Å². The molecule has 3 amide bonds. The topological polar surface area (TPSA) is 82.2 Å². The number of hydrogen-bond donors (Lipinski definition) is 1. The average Bonchev–Trinajstić information content (AvgIpc) is 3.74. The van der Waals surface area contributed by atoms with Crippen LogP contribution in [0.1, 0.15) is 34.7 Å². The molecule has 8 nitrogen and oxygen atoms in total. The second-order valence-corrected chi connectivity index (χ2v) is 12.3. The molecule has 3 aliphatic rings. The zero-order valence-corrected chi connectivity index (χ0v) is 25.2. The number of halogens is 3. The van der Waals surface area contributed by atoms with Gasteiger partial charge >= 0.3 is 0 Å². The van der Waals surface area contributed by atoms with Crippen molar-refractivity contribution in [1.82, 2.24) is 9.80 Å². The van der Waals surface area contributed by atoms with Gasteiger partial charge in [0.2, 0.25) is 11.8 Å². The lowest BCUT2D eigenvalue weighted by atomic mass is 9.81. The molecule has 1 saturated carbocycles. The van der Waals surface area contributed by atoms with Crippen LogP contribution in [0.15, 0.2) is 66.7 Å². The minimum absolute atomic E-state index is 0.0600. The number of nitrogens with one attached hydrogen (secondary N) is 1. The van der Waals surface area contributed by atoms with Gasteiger partial charge in [0.25, 0.3) is 5.91 Å². The van der Waals surface area contributed by atoms with E-state index in [1.807, 2.05) is 4.90 Å². The molecular weight excluding hydrogens is 594 g/mol. The summed E-state index contributed by atoms with van der Waals surface area (Å²) in [6, 6.07) is 17.2. The quantitative estimate of drug-likeness (QED) is 0.369. The lowest BCUT2D eigenvalue weighted by Crippen LogP contribution is -2.53. The summed E-state index contributed by atoms with van der Waals surface area (Å²) >= 11 is 12.4. The maximum Gasteiger partial charge on any atom is 0.253 e. The molecule has 3 fully saturated rings. The number of likely N-dealkylation sites (tertiary alicyclic amines) is 1. The van der Waals surface area contributed by atoms with Gasteiger partial charge in [-0.3, -0.25) is 24.2 Å². The average molecular weight is 626 g/mol. The molecule has 1 N–H and O–H groups in total. The second-order valence-electron chi connectivity index (χ2n) is 11.5. The van der Waals surface area contributed by atoms with Gasteiger partial charge in [0, 0.05) is 48.5 Å². The third-order valence-corrected chi connectivity index (χ3v) is 8.87. The first kappa shape index (κ1) is 29.6. The first-order valence-corrected chi connectivity index (χ1v) is 14.9. The van der Waals surface area contributed by atoms with Crippen LogP contribution in [0, 0.1) is 17.7 Å². The van der Waals surface area contributed by atoms with Crippen molar-refractivity contribution in [1.29, 1.82) is 0 Å². The van der Waals surface area contributed by atoms with Crippen molar-refractivity contribution in [3.05, 3.63) is 93.7 Å². The molecule has 2 heterocycles. The molecule has 2 aliphatic heterocycles. The van der Waals surface area contributed by atoms with Crippen molar-refractivity contribution in [2.75, 3.05) is 37.6 Å². The molecule has 0 bridgehead atoms. The molecule has 1 aliphatic carbocycles. The molecule has 2 saturated heterocycles. The minimum Gasteiger partial charge on any atom is -0.345 e. The second kappa shape index (κ2) is 11.9. The van der Waals surface area contributed by atoms with E-state index in [2.05, 4.69) is 5.32 Å². The molecule has 43 heavy (non-hydrogen) atoms. The van der Waals surface area contributed by atoms with Crippen LogP contribution in [0.5, 0.6) is 0 Å². The van der Waals surface area contributed by atoms with E-state index in [-0.39, 0.29) is 29.1 Å². The van der Waals surface area contributed by atoms with Crippen molar-refractivity contribution in [2.45, 2.75) is 31.0 Å². The fraction of sp³-hybridized carbons (Fsp3) is 0.344. The molecule has 3 aromatic rings. The number of hydrogen-bond acceptors (Lipinski definition) is 5. The molecule has 6 rings (SSSR count). The number of fused-ring (bicyclic) bond motifs is 1. The minimum atomic E-state index is -0.925. The predicted molar refractivity (Wildman–Crippen MR) is 163 cm³/mol. The molecule has 0 spiro atoms. The van der Waals surface area contributed by atoms with Gasteiger partial charge < -0.3 is 15.0 Å². The molecule has 0 aromatic heterocycles. The zero-order valence-electron chi connectivity index (χ0n) is 23.7. The van der Waals surface area contributed by atoms with Crippen LogP contribution in [0.2, 0.25) is 10.0 Å². The zero-order chi connectivity index (χ0) is 30.4. The molecular formula is C32H31Cl2FN4O4. The van der Waals surface area contributed by atoms with E-state index in [4.69, 9.17) is 27.9 Å². The Labute approximate surface area is 259 Å². The van der Waals surface area contributed by atoms with Crippen molar-refractivity contribution in [2.24, 2.45) is 11.8 Å². The van der Waals surface area contributed by atoms with Crippen molar-refractivity contribution >= 4 is 52.3 Å². The summed E-state index contributed by atoms with van der Waals surface area (Å²) in [7, 11) is 3.33. The summed E-state index contributed by atoms with van der Waals surface area (Å²) in [4.78, 5) is 45.8. The Morgan fingerprint density at radius 2 is 1.74 bits per heavy atom. The Bertz CT molecular complexity index is 1570. The SMILES string of the molecule is CN(C)C(=O)c1ccc(N2CO[C@H]3[C@@H](C2=O)[C@H](c2cccc(Cl)c2F)C(C(=O)Nc2cccc(Cl)c2)N3CC2CC2)cc1. The smallest absolute Gasteiger partial charge is 0.253 e. The number of ether oxygens (including phenoxy) is 1. The Hall–Kier alpha value is -3.50. The molecule has 1 unspecified atom stereocenters. The van der Waals surface area contributed by atoms with Crippen LogP contribution in [-0.2, 0) is 14.3 Å². The molecule has 4 atom stereocenters. The van der Waals surface area contributed by atoms with E-state index in [1.54, 1.807) is 74.8 Å². The molecule has 224 valence electrons. The number of carbonyl (C=O) groups excluding carboxylic acids is 3. The number of amides is 3. The highest BCUT2D eigenvalue weighted by molar-refractivity contribution is 6.31. The number of anilines is 2. The van der Waals surface area contributed by atoms with Gasteiger partial charge in [0.1, 0.15) is 18.8 Å². The molecule has 11 heteroatoms. The van der Waals surface area contributed by atoms with Crippen LogP contribution in [-0.4, -0.2) is 67.2 Å². The predicted octanol–water partition coefficient (Wildman–Crippen LogP) is 5.61. The number of benzene rings is 3. The number of rotatable bonds is 7. The number of carbonyl (C=O) groups is 3. The first-order chi connectivity index (χ1) is 20.6.